The van der Waals surface area contributed by atoms with E-state index in [2.05, 4.69) is 0 Å². The Labute approximate surface area is 109 Å². The first-order valence-electron chi connectivity index (χ1n) is 5.86. The number of nitrogens with zero attached hydrogens (tertiary/aromatic N) is 2. The number of aliphatic hydroxyl groups is 1. The van der Waals surface area contributed by atoms with Gasteiger partial charge in [0.15, 0.2) is 0 Å². The summed E-state index contributed by atoms with van der Waals surface area (Å²) >= 11 is 0. The molecular formula is C12H15N3O4. The maximum Gasteiger partial charge on any atom is 0.292 e. The van der Waals surface area contributed by atoms with Crippen molar-refractivity contribution in [2.45, 2.75) is 18.9 Å². The minimum absolute atomic E-state index is 0.104. The predicted octanol–water partition coefficient (Wildman–Crippen LogP) is 0.774. The van der Waals surface area contributed by atoms with E-state index in [0.717, 1.165) is 0 Å². The molecule has 0 aromatic heterocycles. The van der Waals surface area contributed by atoms with Gasteiger partial charge in [0.2, 0.25) is 0 Å². The molecule has 1 aromatic rings. The zero-order chi connectivity index (χ0) is 14.2. The molecule has 1 fully saturated rings. The lowest BCUT2D eigenvalue weighted by atomic mass is 10.1. The monoisotopic (exact) mass is 265 g/mol. The van der Waals surface area contributed by atoms with Gasteiger partial charge in [-0.2, -0.15) is 0 Å². The molecule has 0 radical (unpaired) electrons. The molecule has 2 rings (SSSR count). The third kappa shape index (κ3) is 2.50. The van der Waals surface area contributed by atoms with Crippen LogP contribution in [0.5, 0.6) is 0 Å². The summed E-state index contributed by atoms with van der Waals surface area (Å²) < 4.78 is 0. The van der Waals surface area contributed by atoms with Crippen molar-refractivity contribution in [2.24, 2.45) is 0 Å². The molecular weight excluding hydrogens is 250 g/mol. The van der Waals surface area contributed by atoms with Crippen LogP contribution in [0.4, 0.5) is 11.4 Å². The van der Waals surface area contributed by atoms with Gasteiger partial charge in [0.1, 0.15) is 5.69 Å². The molecule has 1 unspecified atom stereocenters. The minimum atomic E-state index is -0.912. The normalized spacial score (nSPS) is 22.5. The van der Waals surface area contributed by atoms with Crippen LogP contribution >= 0.6 is 0 Å². The molecule has 0 spiro atoms. The topological polar surface area (TPSA) is 110 Å². The molecule has 0 aliphatic carbocycles. The Bertz CT molecular complexity index is 542. The first kappa shape index (κ1) is 13.3. The molecule has 19 heavy (non-hydrogen) atoms. The van der Waals surface area contributed by atoms with E-state index in [4.69, 9.17) is 5.73 Å². The van der Waals surface area contributed by atoms with Gasteiger partial charge in [-0.05, 0) is 19.4 Å². The van der Waals surface area contributed by atoms with Crippen LogP contribution in [0.25, 0.3) is 0 Å². The number of anilines is 1. The number of benzene rings is 1. The van der Waals surface area contributed by atoms with Gasteiger partial charge in [-0.3, -0.25) is 14.9 Å². The van der Waals surface area contributed by atoms with E-state index >= 15 is 0 Å². The van der Waals surface area contributed by atoms with Gasteiger partial charge in [0.25, 0.3) is 11.6 Å². The zero-order valence-corrected chi connectivity index (χ0v) is 10.5. The molecule has 1 aliphatic heterocycles. The molecule has 0 bridgehead atoms. The van der Waals surface area contributed by atoms with Crippen LogP contribution in [0.15, 0.2) is 18.2 Å². The number of para-hydroxylation sites is 1. The second-order valence-electron chi connectivity index (χ2n) is 4.97. The van der Waals surface area contributed by atoms with Gasteiger partial charge in [-0.1, -0.05) is 6.07 Å². The third-order valence-electron chi connectivity index (χ3n) is 3.25. The number of amides is 1. The van der Waals surface area contributed by atoms with Crippen molar-refractivity contribution in [2.75, 3.05) is 18.8 Å². The fourth-order valence-corrected chi connectivity index (χ4v) is 2.19. The van der Waals surface area contributed by atoms with E-state index in [9.17, 15) is 20.0 Å². The van der Waals surface area contributed by atoms with Gasteiger partial charge < -0.3 is 15.7 Å². The highest BCUT2D eigenvalue weighted by Gasteiger charge is 2.35. The van der Waals surface area contributed by atoms with E-state index in [0.29, 0.717) is 13.0 Å². The molecule has 1 aliphatic rings. The van der Waals surface area contributed by atoms with Crippen LogP contribution in [0.1, 0.15) is 23.7 Å². The van der Waals surface area contributed by atoms with Crippen LogP contribution in [-0.4, -0.2) is 39.5 Å². The van der Waals surface area contributed by atoms with Crippen molar-refractivity contribution < 1.29 is 14.8 Å². The molecule has 0 saturated carbocycles. The van der Waals surface area contributed by atoms with Gasteiger partial charge in [0.05, 0.1) is 16.1 Å². The van der Waals surface area contributed by atoms with Crippen molar-refractivity contribution in [3.05, 3.63) is 33.9 Å². The largest absolute Gasteiger partial charge is 0.393 e. The van der Waals surface area contributed by atoms with Gasteiger partial charge in [-0.15, -0.1) is 0 Å². The number of likely N-dealkylation sites (tertiary alicyclic amines) is 1. The Morgan fingerprint density at radius 3 is 2.79 bits per heavy atom. The summed E-state index contributed by atoms with van der Waals surface area (Å²) in [6, 6.07) is 4.14. The Morgan fingerprint density at radius 1 is 1.58 bits per heavy atom. The maximum atomic E-state index is 12.2. The predicted molar refractivity (Wildman–Crippen MR) is 68.7 cm³/mol. The number of carbonyl (C=O) groups is 1. The number of nitro benzene ring substituents is 1. The van der Waals surface area contributed by atoms with Crippen molar-refractivity contribution >= 4 is 17.3 Å². The Balaban J connectivity index is 2.30. The lowest BCUT2D eigenvalue weighted by Gasteiger charge is -2.19. The summed E-state index contributed by atoms with van der Waals surface area (Å²) in [6.07, 6.45) is 0.480. The molecule has 3 N–H and O–H groups in total. The summed E-state index contributed by atoms with van der Waals surface area (Å²) in [4.78, 5) is 23.9. The summed E-state index contributed by atoms with van der Waals surface area (Å²) in [5.74, 6) is -0.390. The summed E-state index contributed by atoms with van der Waals surface area (Å²) in [7, 11) is 0. The lowest BCUT2D eigenvalue weighted by molar-refractivity contribution is -0.383. The van der Waals surface area contributed by atoms with Crippen LogP contribution in [-0.2, 0) is 0 Å². The summed E-state index contributed by atoms with van der Waals surface area (Å²) in [5.41, 5.74) is 4.44. The smallest absolute Gasteiger partial charge is 0.292 e. The first-order chi connectivity index (χ1) is 8.82. The number of nitrogen functional groups attached to an aromatic ring is 1. The number of β-amino-alcohol motifs (C(OH)–C–C–N with tert-alkyl or cyclic N) is 1. The summed E-state index contributed by atoms with van der Waals surface area (Å²) in [5, 5.41) is 20.6. The molecule has 7 nitrogen and oxygen atoms in total. The van der Waals surface area contributed by atoms with Crippen molar-refractivity contribution in [3.8, 4) is 0 Å². The SMILES string of the molecule is CC1(O)CCN(C(=O)c2cccc([N+](=O)[O-])c2N)C1. The average Bonchev–Trinajstić information content (AvgIpc) is 2.69. The molecule has 7 heteroatoms. The lowest BCUT2D eigenvalue weighted by Crippen LogP contribution is -2.34. The molecule has 1 saturated heterocycles. The molecule has 1 atom stereocenters. The maximum absolute atomic E-state index is 12.2. The van der Waals surface area contributed by atoms with Crippen molar-refractivity contribution in [1.29, 1.82) is 0 Å². The van der Waals surface area contributed by atoms with Crippen LogP contribution in [0.3, 0.4) is 0 Å². The second-order valence-corrected chi connectivity index (χ2v) is 4.97. The van der Waals surface area contributed by atoms with Gasteiger partial charge >= 0.3 is 0 Å². The quantitative estimate of drug-likeness (QED) is 0.466. The second kappa shape index (κ2) is 4.51. The number of rotatable bonds is 2. The highest BCUT2D eigenvalue weighted by molar-refractivity contribution is 6.01. The highest BCUT2D eigenvalue weighted by atomic mass is 16.6. The molecule has 102 valence electrons. The number of nitrogens with two attached hydrogens (primary N) is 1. The summed E-state index contributed by atoms with van der Waals surface area (Å²) in [6.45, 7) is 2.26. The molecule has 1 amide bonds. The van der Waals surface area contributed by atoms with E-state index in [1.54, 1.807) is 6.92 Å². The van der Waals surface area contributed by atoms with Crippen molar-refractivity contribution in [1.82, 2.24) is 4.90 Å². The standard InChI is InChI=1S/C12H15N3O4/c1-12(17)5-6-14(7-12)11(16)8-3-2-4-9(10(8)13)15(18)19/h2-4,17H,5-7,13H2,1H3. The van der Waals surface area contributed by atoms with Gasteiger partial charge in [-0.25, -0.2) is 0 Å². The number of hydrogen-bond acceptors (Lipinski definition) is 5. The van der Waals surface area contributed by atoms with Crippen LogP contribution < -0.4 is 5.73 Å². The fraction of sp³-hybridized carbons (Fsp3) is 0.417. The van der Waals surface area contributed by atoms with E-state index < -0.39 is 10.5 Å². The van der Waals surface area contributed by atoms with Crippen LogP contribution in [0, 0.1) is 10.1 Å². The Hall–Kier alpha value is -2.15. The highest BCUT2D eigenvalue weighted by Crippen LogP contribution is 2.28. The first-order valence-corrected chi connectivity index (χ1v) is 5.86. The Morgan fingerprint density at radius 2 is 2.26 bits per heavy atom. The number of carbonyl (C=O) groups excluding carboxylic acids is 1. The van der Waals surface area contributed by atoms with Crippen LogP contribution in [0.2, 0.25) is 0 Å². The van der Waals surface area contributed by atoms with E-state index in [1.807, 2.05) is 0 Å². The molecule has 1 aromatic carbocycles. The number of hydrogen-bond donors (Lipinski definition) is 2. The van der Waals surface area contributed by atoms with Crippen molar-refractivity contribution in [3.63, 3.8) is 0 Å². The average molecular weight is 265 g/mol. The third-order valence-corrected chi connectivity index (χ3v) is 3.25. The minimum Gasteiger partial charge on any atom is -0.393 e. The zero-order valence-electron chi connectivity index (χ0n) is 10.5. The van der Waals surface area contributed by atoms with E-state index in [-0.39, 0.29) is 29.4 Å². The fourth-order valence-electron chi connectivity index (χ4n) is 2.19. The van der Waals surface area contributed by atoms with E-state index in [1.165, 1.54) is 23.1 Å². The Kier molecular flexibility index (Phi) is 3.15. The van der Waals surface area contributed by atoms with Gasteiger partial charge in [0, 0.05) is 19.2 Å². The number of nitro groups is 1. The molecule has 1 heterocycles.